The summed E-state index contributed by atoms with van der Waals surface area (Å²) in [4.78, 5) is 12.8. The Kier molecular flexibility index (Phi) is 3.56. The molecule has 0 saturated carbocycles. The van der Waals surface area contributed by atoms with Gasteiger partial charge in [0.25, 0.3) is 0 Å². The number of nitrogens with zero attached hydrogens (tertiary/aromatic N) is 4. The number of hydrogen-bond acceptors (Lipinski definition) is 3. The summed E-state index contributed by atoms with van der Waals surface area (Å²) in [7, 11) is 0. The van der Waals surface area contributed by atoms with Crippen LogP contribution in [-0.2, 0) is 0 Å². The SMILES string of the molecule is CC12CC3=CC=C1C=CN2c1cccc(c1)-n1ccc2ccc(cc21)-c1nc2ccccc2nc13. The van der Waals surface area contributed by atoms with Gasteiger partial charge in [-0.05, 0) is 72.0 Å². The van der Waals surface area contributed by atoms with Gasteiger partial charge in [-0.2, -0.15) is 0 Å². The molecule has 0 spiro atoms. The number of benzene rings is 3. The van der Waals surface area contributed by atoms with Crippen molar-refractivity contribution in [3.05, 3.63) is 115 Å². The van der Waals surface area contributed by atoms with Crippen molar-refractivity contribution in [1.29, 1.82) is 0 Å². The monoisotopic (exact) mass is 450 g/mol. The molecule has 3 aliphatic rings. The van der Waals surface area contributed by atoms with Gasteiger partial charge in [0.15, 0.2) is 0 Å². The molecule has 4 nitrogen and oxygen atoms in total. The lowest BCUT2D eigenvalue weighted by Crippen LogP contribution is -2.42. The first-order valence-electron chi connectivity index (χ1n) is 12.1. The van der Waals surface area contributed by atoms with E-state index in [2.05, 4.69) is 102 Å². The smallest absolute Gasteiger partial charge is 0.0970 e. The lowest BCUT2D eigenvalue weighted by atomic mass is 9.80. The van der Waals surface area contributed by atoms with E-state index in [-0.39, 0.29) is 5.54 Å². The minimum atomic E-state index is -0.189. The number of allylic oxidation sites excluding steroid dienone is 2. The predicted octanol–water partition coefficient (Wildman–Crippen LogP) is 7.06. The van der Waals surface area contributed by atoms with E-state index < -0.39 is 0 Å². The standard InChI is InChI=1S/C31H22N4/c1-31-19-22-11-12-23(31)14-16-35(31)25-6-4-5-24(18-25)34-15-13-20-9-10-21(17-28(20)34)29-30(22)33-27-8-3-2-7-26(27)32-29/h2-18H,19H2,1H3. The fourth-order valence-corrected chi connectivity index (χ4v) is 5.93. The highest BCUT2D eigenvalue weighted by Gasteiger charge is 2.41. The zero-order valence-electron chi connectivity index (χ0n) is 19.3. The normalized spacial score (nSPS) is 19.7. The van der Waals surface area contributed by atoms with E-state index in [0.717, 1.165) is 40.1 Å². The molecule has 2 aliphatic heterocycles. The maximum atomic E-state index is 5.20. The van der Waals surface area contributed by atoms with Crippen molar-refractivity contribution in [2.24, 2.45) is 0 Å². The Balaban J connectivity index is 1.51. The van der Waals surface area contributed by atoms with Gasteiger partial charge in [0.1, 0.15) is 0 Å². The van der Waals surface area contributed by atoms with E-state index in [4.69, 9.17) is 9.97 Å². The lowest BCUT2D eigenvalue weighted by Gasteiger charge is -2.40. The van der Waals surface area contributed by atoms with Crippen molar-refractivity contribution >= 4 is 33.2 Å². The van der Waals surface area contributed by atoms with Crippen LogP contribution in [0.4, 0.5) is 5.69 Å². The Bertz CT molecular complexity index is 1800. The number of anilines is 1. The molecule has 0 fully saturated rings. The molecule has 3 aromatic carbocycles. The van der Waals surface area contributed by atoms with Crippen molar-refractivity contribution in [2.75, 3.05) is 4.90 Å². The summed E-state index contributed by atoms with van der Waals surface area (Å²) in [5, 5.41) is 1.21. The first-order valence-corrected chi connectivity index (χ1v) is 12.1. The molecule has 6 bridgehead atoms. The van der Waals surface area contributed by atoms with E-state index in [0.29, 0.717) is 0 Å². The van der Waals surface area contributed by atoms with E-state index in [1.807, 2.05) is 18.2 Å². The molecule has 1 unspecified atom stereocenters. The second kappa shape index (κ2) is 6.57. The second-order valence-electron chi connectivity index (χ2n) is 9.84. The summed E-state index contributed by atoms with van der Waals surface area (Å²) in [6.45, 7) is 2.33. The zero-order chi connectivity index (χ0) is 23.1. The number of fused-ring (bicyclic) bond motifs is 10. The van der Waals surface area contributed by atoms with E-state index in [1.54, 1.807) is 0 Å². The Morgan fingerprint density at radius 2 is 1.63 bits per heavy atom. The summed E-state index contributed by atoms with van der Waals surface area (Å²) >= 11 is 0. The minimum Gasteiger partial charge on any atom is -0.338 e. The second-order valence-corrected chi connectivity index (χ2v) is 9.84. The predicted molar refractivity (Wildman–Crippen MR) is 143 cm³/mol. The molecule has 0 radical (unpaired) electrons. The lowest BCUT2D eigenvalue weighted by molar-refractivity contribution is 0.568. The zero-order valence-corrected chi connectivity index (χ0v) is 19.3. The number of para-hydroxylation sites is 2. The third kappa shape index (κ3) is 2.56. The average molecular weight is 451 g/mol. The van der Waals surface area contributed by atoms with Crippen molar-refractivity contribution in [3.63, 3.8) is 0 Å². The van der Waals surface area contributed by atoms with Crippen LogP contribution in [0.1, 0.15) is 19.0 Å². The summed E-state index contributed by atoms with van der Waals surface area (Å²) in [5.41, 5.74) is 10.7. The Morgan fingerprint density at radius 1 is 0.800 bits per heavy atom. The van der Waals surface area contributed by atoms with Gasteiger partial charge in [-0.1, -0.05) is 42.5 Å². The van der Waals surface area contributed by atoms with Crippen molar-refractivity contribution < 1.29 is 0 Å². The maximum absolute atomic E-state index is 5.20. The first kappa shape index (κ1) is 18.9. The van der Waals surface area contributed by atoms with Gasteiger partial charge in [-0.25, -0.2) is 9.97 Å². The molecule has 4 heteroatoms. The molecule has 5 aromatic rings. The van der Waals surface area contributed by atoms with Crippen molar-refractivity contribution in [1.82, 2.24) is 14.5 Å². The van der Waals surface area contributed by atoms with Gasteiger partial charge in [0.2, 0.25) is 0 Å². The van der Waals surface area contributed by atoms with Crippen LogP contribution >= 0.6 is 0 Å². The minimum absolute atomic E-state index is 0.189. The van der Waals surface area contributed by atoms with Gasteiger partial charge in [0.05, 0.1) is 33.5 Å². The van der Waals surface area contributed by atoms with E-state index >= 15 is 0 Å². The summed E-state index contributed by atoms with van der Waals surface area (Å²) in [6.07, 6.45) is 12.0. The highest BCUT2D eigenvalue weighted by molar-refractivity contribution is 5.91. The van der Waals surface area contributed by atoms with Gasteiger partial charge in [-0.3, -0.25) is 0 Å². The molecular weight excluding hydrogens is 428 g/mol. The van der Waals surface area contributed by atoms with Gasteiger partial charge in [-0.15, -0.1) is 0 Å². The van der Waals surface area contributed by atoms with Crippen LogP contribution in [-0.4, -0.2) is 20.1 Å². The van der Waals surface area contributed by atoms with E-state index in [9.17, 15) is 0 Å². The molecular formula is C31H22N4. The van der Waals surface area contributed by atoms with Gasteiger partial charge in [0, 0.05) is 35.8 Å². The molecule has 4 heterocycles. The van der Waals surface area contributed by atoms with Crippen LogP contribution in [0.5, 0.6) is 0 Å². The Labute approximate surface area is 203 Å². The topological polar surface area (TPSA) is 34.0 Å². The largest absolute Gasteiger partial charge is 0.338 e. The van der Waals surface area contributed by atoms with Gasteiger partial charge < -0.3 is 9.47 Å². The van der Waals surface area contributed by atoms with E-state index in [1.165, 1.54) is 27.7 Å². The molecule has 35 heavy (non-hydrogen) atoms. The highest BCUT2D eigenvalue weighted by Crippen LogP contribution is 2.46. The summed E-state index contributed by atoms with van der Waals surface area (Å²) in [6, 6.07) is 25.8. The van der Waals surface area contributed by atoms with Crippen LogP contribution in [0, 0.1) is 0 Å². The molecule has 1 atom stereocenters. The third-order valence-corrected chi connectivity index (χ3v) is 7.78. The Morgan fingerprint density at radius 3 is 2.51 bits per heavy atom. The van der Waals surface area contributed by atoms with Crippen LogP contribution in [0.2, 0.25) is 0 Å². The quantitative estimate of drug-likeness (QED) is 0.253. The number of aromatic nitrogens is 3. The van der Waals surface area contributed by atoms with Crippen LogP contribution in [0.3, 0.4) is 0 Å². The number of rotatable bonds is 0. The van der Waals surface area contributed by atoms with Crippen LogP contribution in [0.25, 0.3) is 44.5 Å². The molecule has 0 amide bonds. The Hall–Kier alpha value is -4.44. The molecule has 0 saturated heterocycles. The summed E-state index contributed by atoms with van der Waals surface area (Å²) < 4.78 is 2.28. The fourth-order valence-electron chi connectivity index (χ4n) is 5.93. The molecule has 2 aromatic heterocycles. The maximum Gasteiger partial charge on any atom is 0.0970 e. The molecule has 1 aliphatic carbocycles. The first-order chi connectivity index (χ1) is 17.2. The average Bonchev–Trinajstić information content (AvgIpc) is 3.47. The highest BCUT2D eigenvalue weighted by atomic mass is 15.2. The molecule has 0 N–H and O–H groups in total. The van der Waals surface area contributed by atoms with Crippen molar-refractivity contribution in [2.45, 2.75) is 18.9 Å². The van der Waals surface area contributed by atoms with Crippen LogP contribution in [0.15, 0.2) is 109 Å². The summed E-state index contributed by atoms with van der Waals surface area (Å²) in [5.74, 6) is 0. The van der Waals surface area contributed by atoms with Crippen molar-refractivity contribution in [3.8, 4) is 16.9 Å². The molecule has 166 valence electrons. The van der Waals surface area contributed by atoms with Gasteiger partial charge >= 0.3 is 0 Å². The number of hydrogen-bond donors (Lipinski definition) is 0. The fraction of sp³-hybridized carbons (Fsp3) is 0.0968. The molecule has 8 rings (SSSR count). The van der Waals surface area contributed by atoms with Crippen LogP contribution < -0.4 is 4.90 Å². The third-order valence-electron chi connectivity index (χ3n) is 7.78.